The molecule has 2 aromatic rings. The van der Waals surface area contributed by atoms with Crippen LogP contribution in [0.1, 0.15) is 31.2 Å². The molecule has 2 heterocycles. The normalized spacial score (nSPS) is 22.9. The van der Waals surface area contributed by atoms with E-state index in [0.717, 1.165) is 36.9 Å². The highest BCUT2D eigenvalue weighted by Crippen LogP contribution is 2.23. The molecule has 5 heteroatoms. The van der Waals surface area contributed by atoms with Gasteiger partial charge in [-0.05, 0) is 37.0 Å². The molecule has 5 nitrogen and oxygen atoms in total. The first-order chi connectivity index (χ1) is 9.72. The maximum absolute atomic E-state index is 12.1. The smallest absolute Gasteiger partial charge is 0.223 e. The van der Waals surface area contributed by atoms with Gasteiger partial charge in [-0.1, -0.05) is 6.42 Å². The summed E-state index contributed by atoms with van der Waals surface area (Å²) >= 11 is 0. The molecule has 2 atom stereocenters. The summed E-state index contributed by atoms with van der Waals surface area (Å²) in [5, 5.41) is 3.01. The van der Waals surface area contributed by atoms with E-state index in [1.165, 1.54) is 0 Å². The van der Waals surface area contributed by atoms with Crippen LogP contribution in [0.25, 0.3) is 5.65 Å². The summed E-state index contributed by atoms with van der Waals surface area (Å²) in [7, 11) is 0. The number of nitrogens with zero attached hydrogens (tertiary/aromatic N) is 2. The molecular weight excluding hydrogens is 252 g/mol. The van der Waals surface area contributed by atoms with Crippen molar-refractivity contribution < 1.29 is 4.79 Å². The molecule has 0 aromatic carbocycles. The third kappa shape index (κ3) is 2.82. The number of imidazole rings is 1. The highest BCUT2D eigenvalue weighted by Gasteiger charge is 2.24. The number of carbonyl (C=O) groups excluding carboxylic acids is 1. The van der Waals surface area contributed by atoms with E-state index in [-0.39, 0.29) is 17.9 Å². The highest BCUT2D eigenvalue weighted by molar-refractivity contribution is 5.78. The number of pyridine rings is 1. The molecule has 1 aliphatic rings. The minimum absolute atomic E-state index is 0.0777. The molecule has 3 N–H and O–H groups in total. The van der Waals surface area contributed by atoms with Crippen molar-refractivity contribution in [3.05, 3.63) is 36.3 Å². The lowest BCUT2D eigenvalue weighted by molar-refractivity contribution is -0.126. The number of fused-ring (bicyclic) bond motifs is 1. The van der Waals surface area contributed by atoms with E-state index in [4.69, 9.17) is 5.73 Å². The van der Waals surface area contributed by atoms with Crippen molar-refractivity contribution in [1.29, 1.82) is 0 Å². The summed E-state index contributed by atoms with van der Waals surface area (Å²) in [5.41, 5.74) is 7.90. The van der Waals surface area contributed by atoms with Crippen LogP contribution in [0.3, 0.4) is 0 Å². The Morgan fingerprint density at radius 2 is 2.35 bits per heavy atom. The van der Waals surface area contributed by atoms with Crippen molar-refractivity contribution in [2.45, 2.75) is 38.3 Å². The average Bonchev–Trinajstić information content (AvgIpc) is 2.92. The molecular formula is C15H20N4O. The summed E-state index contributed by atoms with van der Waals surface area (Å²) in [5.74, 6) is 0.206. The van der Waals surface area contributed by atoms with Crippen molar-refractivity contribution in [3.63, 3.8) is 0 Å². The summed E-state index contributed by atoms with van der Waals surface area (Å²) < 4.78 is 1.95. The van der Waals surface area contributed by atoms with E-state index >= 15 is 0 Å². The fourth-order valence-electron chi connectivity index (χ4n) is 2.86. The molecule has 1 fully saturated rings. The average molecular weight is 272 g/mol. The first-order valence-corrected chi connectivity index (χ1v) is 7.17. The Morgan fingerprint density at radius 1 is 1.45 bits per heavy atom. The number of carbonyl (C=O) groups is 1. The molecule has 0 radical (unpaired) electrons. The van der Waals surface area contributed by atoms with Crippen LogP contribution in [0.4, 0.5) is 0 Å². The van der Waals surface area contributed by atoms with Crippen LogP contribution >= 0.6 is 0 Å². The lowest BCUT2D eigenvalue weighted by Gasteiger charge is -2.25. The Balaban J connectivity index is 1.59. The minimum atomic E-state index is 0.0777. The van der Waals surface area contributed by atoms with Crippen LogP contribution in [0.2, 0.25) is 0 Å². The Labute approximate surface area is 118 Å². The van der Waals surface area contributed by atoms with Gasteiger partial charge >= 0.3 is 0 Å². The second kappa shape index (κ2) is 5.63. The van der Waals surface area contributed by atoms with Crippen molar-refractivity contribution in [2.24, 2.45) is 11.7 Å². The molecule has 1 aliphatic carbocycles. The zero-order valence-corrected chi connectivity index (χ0v) is 11.5. The van der Waals surface area contributed by atoms with Crippen LogP contribution in [-0.4, -0.2) is 21.3 Å². The molecule has 2 aromatic heterocycles. The third-order valence-electron chi connectivity index (χ3n) is 4.01. The van der Waals surface area contributed by atoms with Crippen LogP contribution < -0.4 is 11.1 Å². The van der Waals surface area contributed by atoms with Crippen LogP contribution in [0, 0.1) is 5.92 Å². The largest absolute Gasteiger partial charge is 0.352 e. The Hall–Kier alpha value is -1.88. The van der Waals surface area contributed by atoms with E-state index in [9.17, 15) is 4.79 Å². The predicted octanol–water partition coefficient (Wildman–Crippen LogP) is 1.47. The fourth-order valence-corrected chi connectivity index (χ4v) is 2.86. The second-order valence-corrected chi connectivity index (χ2v) is 5.57. The first-order valence-electron chi connectivity index (χ1n) is 7.17. The summed E-state index contributed by atoms with van der Waals surface area (Å²) in [4.78, 5) is 16.4. The zero-order valence-electron chi connectivity index (χ0n) is 11.5. The van der Waals surface area contributed by atoms with Gasteiger partial charge in [0, 0.05) is 37.1 Å². The van der Waals surface area contributed by atoms with Gasteiger partial charge in [-0.25, -0.2) is 4.98 Å². The molecule has 3 rings (SSSR count). The lowest BCUT2D eigenvalue weighted by atomic mass is 9.85. The molecule has 0 saturated heterocycles. The fraction of sp³-hybridized carbons (Fsp3) is 0.467. The SMILES string of the molecule is NC1CCCC(C(=O)NCc2ccn3ccnc3c2)C1. The molecule has 0 spiro atoms. The summed E-state index contributed by atoms with van der Waals surface area (Å²) in [6.45, 7) is 0.550. The van der Waals surface area contributed by atoms with E-state index < -0.39 is 0 Å². The van der Waals surface area contributed by atoms with Gasteiger partial charge in [0.05, 0.1) is 0 Å². The molecule has 0 bridgehead atoms. The van der Waals surface area contributed by atoms with E-state index in [2.05, 4.69) is 10.3 Å². The highest BCUT2D eigenvalue weighted by atomic mass is 16.1. The van der Waals surface area contributed by atoms with Crippen LogP contribution in [0.5, 0.6) is 0 Å². The Kier molecular flexibility index (Phi) is 3.69. The molecule has 20 heavy (non-hydrogen) atoms. The van der Waals surface area contributed by atoms with E-state index in [0.29, 0.717) is 6.54 Å². The topological polar surface area (TPSA) is 72.4 Å². The van der Waals surface area contributed by atoms with Gasteiger partial charge in [-0.2, -0.15) is 0 Å². The van der Waals surface area contributed by atoms with Gasteiger partial charge in [0.2, 0.25) is 5.91 Å². The molecule has 106 valence electrons. The van der Waals surface area contributed by atoms with Crippen LogP contribution in [0.15, 0.2) is 30.7 Å². The van der Waals surface area contributed by atoms with Gasteiger partial charge in [0.1, 0.15) is 5.65 Å². The van der Waals surface area contributed by atoms with Gasteiger partial charge in [-0.15, -0.1) is 0 Å². The minimum Gasteiger partial charge on any atom is -0.352 e. The molecule has 2 unspecified atom stereocenters. The number of nitrogens with one attached hydrogen (secondary N) is 1. The number of rotatable bonds is 3. The number of amides is 1. The van der Waals surface area contributed by atoms with Crippen molar-refractivity contribution in [3.8, 4) is 0 Å². The third-order valence-corrected chi connectivity index (χ3v) is 4.01. The second-order valence-electron chi connectivity index (χ2n) is 5.57. The maximum Gasteiger partial charge on any atom is 0.223 e. The quantitative estimate of drug-likeness (QED) is 0.888. The predicted molar refractivity (Wildman–Crippen MR) is 77.0 cm³/mol. The summed E-state index contributed by atoms with van der Waals surface area (Å²) in [6, 6.07) is 4.18. The number of hydrogen-bond acceptors (Lipinski definition) is 3. The van der Waals surface area contributed by atoms with Crippen molar-refractivity contribution in [1.82, 2.24) is 14.7 Å². The van der Waals surface area contributed by atoms with Crippen molar-refractivity contribution in [2.75, 3.05) is 0 Å². The number of aromatic nitrogens is 2. The number of nitrogens with two attached hydrogens (primary N) is 1. The van der Waals surface area contributed by atoms with Crippen molar-refractivity contribution >= 4 is 11.6 Å². The Bertz CT molecular complexity index is 607. The van der Waals surface area contributed by atoms with Gasteiger partial charge in [0.25, 0.3) is 0 Å². The molecule has 1 saturated carbocycles. The van der Waals surface area contributed by atoms with E-state index in [1.54, 1.807) is 6.20 Å². The van der Waals surface area contributed by atoms with E-state index in [1.807, 2.05) is 28.9 Å². The zero-order chi connectivity index (χ0) is 13.9. The molecule has 1 amide bonds. The molecule has 0 aliphatic heterocycles. The monoisotopic (exact) mass is 272 g/mol. The van der Waals surface area contributed by atoms with Gasteiger partial charge < -0.3 is 15.5 Å². The van der Waals surface area contributed by atoms with Gasteiger partial charge in [-0.3, -0.25) is 4.79 Å². The standard InChI is InChI=1S/C15H20N4O/c16-13-3-1-2-12(9-13)15(20)18-10-11-4-6-19-7-5-17-14(19)8-11/h4-8,12-13H,1-3,9-10,16H2,(H,18,20). The van der Waals surface area contributed by atoms with Crippen LogP contribution in [-0.2, 0) is 11.3 Å². The first kappa shape index (κ1) is 13.1. The number of hydrogen-bond donors (Lipinski definition) is 2. The lowest BCUT2D eigenvalue weighted by Crippen LogP contribution is -2.37. The summed E-state index contributed by atoms with van der Waals surface area (Å²) in [6.07, 6.45) is 9.49. The maximum atomic E-state index is 12.1. The van der Waals surface area contributed by atoms with Gasteiger partial charge in [0.15, 0.2) is 0 Å². The Morgan fingerprint density at radius 3 is 3.20 bits per heavy atom.